The van der Waals surface area contributed by atoms with Crippen LogP contribution in [-0.4, -0.2) is 20.7 Å². The average molecular weight is 298 g/mol. The summed E-state index contributed by atoms with van der Waals surface area (Å²) in [5, 5.41) is 8.08. The molecule has 3 aromatic rings. The van der Waals surface area contributed by atoms with Crippen molar-refractivity contribution in [3.05, 3.63) is 64.4 Å². The molecular weight excluding hydrogens is 284 g/mol. The molecule has 1 aromatic carbocycles. The highest BCUT2D eigenvalue weighted by atomic mass is 32.1. The lowest BCUT2D eigenvalue weighted by molar-refractivity contribution is 0.0951. The summed E-state index contributed by atoms with van der Waals surface area (Å²) in [6.45, 7) is 2.43. The highest BCUT2D eigenvalue weighted by Crippen LogP contribution is 2.11. The van der Waals surface area contributed by atoms with E-state index in [1.54, 1.807) is 34.6 Å². The van der Waals surface area contributed by atoms with Crippen molar-refractivity contribution in [2.75, 3.05) is 0 Å². The fourth-order valence-electron chi connectivity index (χ4n) is 1.92. The lowest BCUT2D eigenvalue weighted by Gasteiger charge is -2.01. The second kappa shape index (κ2) is 5.88. The third kappa shape index (κ3) is 3.17. The zero-order valence-corrected chi connectivity index (χ0v) is 12.3. The van der Waals surface area contributed by atoms with Crippen LogP contribution in [0.3, 0.4) is 0 Å². The molecular formula is C15H14N4OS. The average Bonchev–Trinajstić information content (AvgIpc) is 3.15. The fourth-order valence-corrected chi connectivity index (χ4v) is 2.65. The summed E-state index contributed by atoms with van der Waals surface area (Å²) < 4.78 is 1.69. The Labute approximate surface area is 126 Å². The first-order valence-corrected chi connectivity index (χ1v) is 7.33. The van der Waals surface area contributed by atoms with E-state index < -0.39 is 0 Å². The van der Waals surface area contributed by atoms with Crippen LogP contribution in [0.1, 0.15) is 20.2 Å². The molecule has 0 fully saturated rings. The number of hydrogen-bond donors (Lipinski definition) is 1. The zero-order valence-electron chi connectivity index (χ0n) is 11.5. The molecule has 5 nitrogen and oxygen atoms in total. The van der Waals surface area contributed by atoms with Gasteiger partial charge in [-0.05, 0) is 19.1 Å². The van der Waals surface area contributed by atoms with Crippen LogP contribution in [0.15, 0.2) is 48.9 Å². The van der Waals surface area contributed by atoms with Gasteiger partial charge in [-0.1, -0.05) is 18.2 Å². The standard InChI is InChI=1S/C15H14N4OS/c1-11-16-8-14(21-11)9-17-15(20)12-7-18-19(10-12)13-5-3-2-4-6-13/h2-8,10H,9H2,1H3,(H,17,20). The van der Waals surface area contributed by atoms with Crippen LogP contribution >= 0.6 is 11.3 Å². The van der Waals surface area contributed by atoms with Gasteiger partial charge in [-0.2, -0.15) is 5.10 Å². The molecule has 1 N–H and O–H groups in total. The van der Waals surface area contributed by atoms with E-state index in [-0.39, 0.29) is 5.91 Å². The number of benzene rings is 1. The molecule has 2 heterocycles. The van der Waals surface area contributed by atoms with Crippen LogP contribution in [0.2, 0.25) is 0 Å². The molecule has 0 aliphatic carbocycles. The molecule has 0 saturated carbocycles. The van der Waals surface area contributed by atoms with E-state index >= 15 is 0 Å². The van der Waals surface area contributed by atoms with Crippen molar-refractivity contribution >= 4 is 17.2 Å². The summed E-state index contributed by atoms with van der Waals surface area (Å²) in [6, 6.07) is 9.69. The lowest BCUT2D eigenvalue weighted by Crippen LogP contribution is -2.21. The van der Waals surface area contributed by atoms with Crippen LogP contribution in [0.5, 0.6) is 0 Å². The number of thiazole rings is 1. The summed E-state index contributed by atoms with van der Waals surface area (Å²) >= 11 is 1.58. The normalized spacial score (nSPS) is 10.5. The van der Waals surface area contributed by atoms with Gasteiger partial charge in [0.15, 0.2) is 0 Å². The number of para-hydroxylation sites is 1. The van der Waals surface area contributed by atoms with Crippen LogP contribution in [-0.2, 0) is 6.54 Å². The predicted octanol–water partition coefficient (Wildman–Crippen LogP) is 2.57. The SMILES string of the molecule is Cc1ncc(CNC(=O)c2cnn(-c3ccccc3)c2)s1. The number of carbonyl (C=O) groups is 1. The third-order valence-electron chi connectivity index (χ3n) is 2.96. The zero-order chi connectivity index (χ0) is 14.7. The number of carbonyl (C=O) groups excluding carboxylic acids is 1. The van der Waals surface area contributed by atoms with E-state index in [0.717, 1.165) is 15.6 Å². The first-order valence-electron chi connectivity index (χ1n) is 6.52. The maximum atomic E-state index is 12.1. The van der Waals surface area contributed by atoms with E-state index in [2.05, 4.69) is 15.4 Å². The molecule has 3 rings (SSSR count). The van der Waals surface area contributed by atoms with E-state index in [1.165, 1.54) is 0 Å². The topological polar surface area (TPSA) is 59.8 Å². The Bertz CT molecular complexity index is 748. The second-order valence-corrected chi connectivity index (χ2v) is 5.86. The van der Waals surface area contributed by atoms with Crippen LogP contribution in [0.4, 0.5) is 0 Å². The fraction of sp³-hybridized carbons (Fsp3) is 0.133. The first kappa shape index (κ1) is 13.5. The van der Waals surface area contributed by atoms with Gasteiger partial charge in [0.2, 0.25) is 0 Å². The molecule has 0 atom stereocenters. The van der Waals surface area contributed by atoms with Gasteiger partial charge in [-0.15, -0.1) is 11.3 Å². The summed E-state index contributed by atoms with van der Waals surface area (Å²) in [7, 11) is 0. The molecule has 0 saturated heterocycles. The third-order valence-corrected chi connectivity index (χ3v) is 3.87. The minimum atomic E-state index is -0.136. The first-order chi connectivity index (χ1) is 10.2. The van der Waals surface area contributed by atoms with Gasteiger partial charge in [-0.25, -0.2) is 9.67 Å². The molecule has 2 aromatic heterocycles. The number of aromatic nitrogens is 3. The predicted molar refractivity (Wildman–Crippen MR) is 81.6 cm³/mol. The molecule has 1 amide bonds. The summed E-state index contributed by atoms with van der Waals surface area (Å²) in [5.41, 5.74) is 1.47. The van der Waals surface area contributed by atoms with Crippen molar-refractivity contribution in [2.45, 2.75) is 13.5 Å². The smallest absolute Gasteiger partial charge is 0.254 e. The number of nitrogens with zero attached hydrogens (tertiary/aromatic N) is 3. The minimum absolute atomic E-state index is 0.136. The van der Waals surface area contributed by atoms with Gasteiger partial charge >= 0.3 is 0 Å². The maximum Gasteiger partial charge on any atom is 0.254 e. The summed E-state index contributed by atoms with van der Waals surface area (Å²) in [4.78, 5) is 17.3. The van der Waals surface area contributed by atoms with Gasteiger partial charge in [0.25, 0.3) is 5.91 Å². The van der Waals surface area contributed by atoms with Crippen molar-refractivity contribution in [2.24, 2.45) is 0 Å². The number of hydrogen-bond acceptors (Lipinski definition) is 4. The Balaban J connectivity index is 1.67. The highest BCUT2D eigenvalue weighted by Gasteiger charge is 2.09. The van der Waals surface area contributed by atoms with Gasteiger partial charge in [0.1, 0.15) is 0 Å². The Kier molecular flexibility index (Phi) is 3.79. The molecule has 0 aliphatic heterocycles. The molecule has 6 heteroatoms. The molecule has 0 spiro atoms. The number of rotatable bonds is 4. The van der Waals surface area contributed by atoms with E-state index in [9.17, 15) is 4.79 Å². The van der Waals surface area contributed by atoms with Crippen LogP contribution in [0, 0.1) is 6.92 Å². The van der Waals surface area contributed by atoms with Crippen molar-refractivity contribution in [3.8, 4) is 5.69 Å². The van der Waals surface area contributed by atoms with Crippen LogP contribution < -0.4 is 5.32 Å². The molecule has 0 bridgehead atoms. The minimum Gasteiger partial charge on any atom is -0.347 e. The maximum absolute atomic E-state index is 12.1. The Morgan fingerprint density at radius 3 is 2.81 bits per heavy atom. The number of aryl methyl sites for hydroxylation is 1. The monoisotopic (exact) mass is 298 g/mol. The van der Waals surface area contributed by atoms with Gasteiger partial charge in [0.05, 0.1) is 29.0 Å². The van der Waals surface area contributed by atoms with Crippen molar-refractivity contribution in [3.63, 3.8) is 0 Å². The van der Waals surface area contributed by atoms with Gasteiger partial charge in [-0.3, -0.25) is 4.79 Å². The van der Waals surface area contributed by atoms with Gasteiger partial charge in [0, 0.05) is 17.3 Å². The second-order valence-electron chi connectivity index (χ2n) is 4.54. The number of nitrogens with one attached hydrogen (secondary N) is 1. The quantitative estimate of drug-likeness (QED) is 0.805. The Morgan fingerprint density at radius 2 is 2.10 bits per heavy atom. The summed E-state index contributed by atoms with van der Waals surface area (Å²) in [5.74, 6) is -0.136. The molecule has 0 unspecified atom stereocenters. The van der Waals surface area contributed by atoms with Crippen molar-refractivity contribution in [1.29, 1.82) is 0 Å². The molecule has 0 radical (unpaired) electrons. The Morgan fingerprint density at radius 1 is 1.29 bits per heavy atom. The summed E-state index contributed by atoms with van der Waals surface area (Å²) in [6.07, 6.45) is 5.08. The lowest BCUT2D eigenvalue weighted by atomic mass is 10.3. The van der Waals surface area contributed by atoms with E-state index in [0.29, 0.717) is 12.1 Å². The van der Waals surface area contributed by atoms with Crippen LogP contribution in [0.25, 0.3) is 5.69 Å². The van der Waals surface area contributed by atoms with Crippen molar-refractivity contribution < 1.29 is 4.79 Å². The molecule has 0 aliphatic rings. The van der Waals surface area contributed by atoms with E-state index in [4.69, 9.17) is 0 Å². The largest absolute Gasteiger partial charge is 0.347 e. The van der Waals surface area contributed by atoms with Gasteiger partial charge < -0.3 is 5.32 Å². The van der Waals surface area contributed by atoms with Crippen molar-refractivity contribution in [1.82, 2.24) is 20.1 Å². The molecule has 106 valence electrons. The molecule has 21 heavy (non-hydrogen) atoms. The van der Waals surface area contributed by atoms with E-state index in [1.807, 2.05) is 37.3 Å². The number of amides is 1. The highest BCUT2D eigenvalue weighted by molar-refractivity contribution is 7.11. The Hall–Kier alpha value is -2.47.